The standard InChI is InChI=1S/C26H29FN2O2/c1-14-12-21-24(18-8-9-22(27)19-7-5-4-6-17(19)15(18)2)20(13-23(30)31)16(3)25-26(21)29(14)11-10-28-25/h8-9,12,18,28H,4-7,10-11,13H2,1-3H3,(H,30,31). The first-order valence-corrected chi connectivity index (χ1v) is 11.3. The molecule has 0 bridgehead atoms. The summed E-state index contributed by atoms with van der Waals surface area (Å²) in [6.45, 7) is 7.96. The average molecular weight is 421 g/mol. The van der Waals surface area contributed by atoms with Gasteiger partial charge in [0.25, 0.3) is 0 Å². The molecule has 2 aliphatic carbocycles. The molecule has 1 aromatic carbocycles. The third kappa shape index (κ3) is 3.05. The summed E-state index contributed by atoms with van der Waals surface area (Å²) in [7, 11) is 0. The van der Waals surface area contributed by atoms with Crippen molar-refractivity contribution in [2.24, 2.45) is 0 Å². The zero-order valence-electron chi connectivity index (χ0n) is 18.4. The number of anilines is 1. The van der Waals surface area contributed by atoms with Crippen LogP contribution in [-0.2, 0) is 17.8 Å². The van der Waals surface area contributed by atoms with E-state index in [2.05, 4.69) is 29.8 Å². The van der Waals surface area contributed by atoms with Gasteiger partial charge in [0, 0.05) is 30.1 Å². The van der Waals surface area contributed by atoms with E-state index < -0.39 is 5.97 Å². The van der Waals surface area contributed by atoms with Crippen LogP contribution in [0, 0.1) is 13.8 Å². The number of nitrogens with zero attached hydrogens (tertiary/aromatic N) is 1. The number of hydrogen-bond acceptors (Lipinski definition) is 2. The van der Waals surface area contributed by atoms with Crippen molar-refractivity contribution in [2.45, 2.75) is 65.3 Å². The monoisotopic (exact) mass is 420 g/mol. The molecule has 0 radical (unpaired) electrons. The van der Waals surface area contributed by atoms with Crippen molar-refractivity contribution >= 4 is 22.6 Å². The summed E-state index contributed by atoms with van der Waals surface area (Å²) in [6, 6.07) is 2.19. The summed E-state index contributed by atoms with van der Waals surface area (Å²) < 4.78 is 17.3. The number of aromatic nitrogens is 1. The van der Waals surface area contributed by atoms with Crippen LogP contribution in [0.25, 0.3) is 10.9 Å². The first kappa shape index (κ1) is 20.1. The molecule has 162 valence electrons. The lowest BCUT2D eigenvalue weighted by molar-refractivity contribution is -0.136. The molecule has 1 fully saturated rings. The number of rotatable bonds is 3. The van der Waals surface area contributed by atoms with Crippen molar-refractivity contribution in [2.75, 3.05) is 11.9 Å². The van der Waals surface area contributed by atoms with E-state index in [-0.39, 0.29) is 18.2 Å². The fourth-order valence-corrected chi connectivity index (χ4v) is 5.91. The number of aryl methyl sites for hydroxylation is 1. The molecule has 0 spiro atoms. The molecular weight excluding hydrogens is 391 g/mol. The molecule has 1 saturated carbocycles. The van der Waals surface area contributed by atoms with Crippen molar-refractivity contribution in [1.29, 1.82) is 0 Å². The van der Waals surface area contributed by atoms with Gasteiger partial charge >= 0.3 is 5.97 Å². The minimum absolute atomic E-state index is 0.0360. The number of aliphatic carboxylic acids is 1. The van der Waals surface area contributed by atoms with Crippen LogP contribution in [0.15, 0.2) is 40.8 Å². The number of benzene rings is 1. The Balaban J connectivity index is 1.83. The topological polar surface area (TPSA) is 54.3 Å². The highest BCUT2D eigenvalue weighted by Crippen LogP contribution is 2.47. The highest BCUT2D eigenvalue weighted by atomic mass is 19.1. The lowest BCUT2D eigenvalue weighted by Crippen LogP contribution is -2.20. The fraction of sp³-hybridized carbons (Fsp3) is 0.423. The maximum atomic E-state index is 15.0. The molecule has 1 unspecified atom stereocenters. The van der Waals surface area contributed by atoms with Crippen molar-refractivity contribution in [3.05, 3.63) is 63.1 Å². The number of carboxylic acid groups (broad SMARTS) is 1. The van der Waals surface area contributed by atoms with E-state index in [4.69, 9.17) is 0 Å². The second-order valence-electron chi connectivity index (χ2n) is 9.12. The number of halogens is 1. The van der Waals surface area contributed by atoms with Crippen LogP contribution in [0.3, 0.4) is 0 Å². The number of carbonyl (C=O) groups is 1. The maximum Gasteiger partial charge on any atom is 0.307 e. The second-order valence-corrected chi connectivity index (χ2v) is 9.12. The molecule has 1 aromatic heterocycles. The summed E-state index contributed by atoms with van der Waals surface area (Å²) in [6.07, 6.45) is 7.31. The van der Waals surface area contributed by atoms with Gasteiger partial charge in [0.05, 0.1) is 17.6 Å². The normalized spacial score (nSPS) is 20.7. The molecule has 31 heavy (non-hydrogen) atoms. The van der Waals surface area contributed by atoms with Gasteiger partial charge in [-0.2, -0.15) is 0 Å². The van der Waals surface area contributed by atoms with Crippen molar-refractivity contribution in [3.8, 4) is 0 Å². The van der Waals surface area contributed by atoms with E-state index in [1.54, 1.807) is 6.08 Å². The van der Waals surface area contributed by atoms with E-state index in [0.717, 1.165) is 88.8 Å². The molecule has 2 aromatic rings. The zero-order chi connectivity index (χ0) is 21.9. The number of carboxylic acids is 1. The molecule has 2 heterocycles. The van der Waals surface area contributed by atoms with E-state index >= 15 is 0 Å². The van der Waals surface area contributed by atoms with Gasteiger partial charge in [0.15, 0.2) is 0 Å². The van der Waals surface area contributed by atoms with Gasteiger partial charge in [0.1, 0.15) is 5.83 Å². The van der Waals surface area contributed by atoms with Gasteiger partial charge in [-0.05, 0) is 86.4 Å². The number of nitrogens with one attached hydrogen (secondary N) is 1. The SMILES string of the molecule is CC1=C2CCCCC2=C(F)C=CC1c1c(CC(=O)O)c(C)c2c3c1cc(C)n3CCN2. The average Bonchev–Trinajstić information content (AvgIpc) is 3.03. The number of hydrogen-bond donors (Lipinski definition) is 2. The van der Waals surface area contributed by atoms with Crippen LogP contribution in [0.5, 0.6) is 0 Å². The second kappa shape index (κ2) is 7.40. The Kier molecular flexibility index (Phi) is 4.80. The molecule has 5 rings (SSSR count). The Morgan fingerprint density at radius 3 is 2.71 bits per heavy atom. The van der Waals surface area contributed by atoms with E-state index in [1.807, 2.05) is 13.0 Å². The number of allylic oxidation sites excluding steroid dienone is 6. The fourth-order valence-electron chi connectivity index (χ4n) is 5.91. The summed E-state index contributed by atoms with van der Waals surface area (Å²) in [4.78, 5) is 11.9. The molecule has 3 aliphatic rings. The highest BCUT2D eigenvalue weighted by molar-refractivity contribution is 6.00. The minimum atomic E-state index is -0.839. The van der Waals surface area contributed by atoms with Gasteiger partial charge in [-0.1, -0.05) is 11.6 Å². The van der Waals surface area contributed by atoms with Gasteiger partial charge in [-0.15, -0.1) is 0 Å². The molecule has 5 heteroatoms. The first-order chi connectivity index (χ1) is 14.9. The van der Waals surface area contributed by atoms with Crippen LogP contribution in [0.1, 0.15) is 60.9 Å². The minimum Gasteiger partial charge on any atom is -0.481 e. The molecular formula is C26H29FN2O2. The van der Waals surface area contributed by atoms with Crippen LogP contribution in [-0.4, -0.2) is 22.2 Å². The summed E-state index contributed by atoms with van der Waals surface area (Å²) in [5.74, 6) is -1.10. The molecule has 0 amide bonds. The van der Waals surface area contributed by atoms with Crippen LogP contribution < -0.4 is 5.32 Å². The number of fused-ring (bicyclic) bond motifs is 1. The Morgan fingerprint density at radius 1 is 1.23 bits per heavy atom. The first-order valence-electron chi connectivity index (χ1n) is 11.3. The zero-order valence-corrected chi connectivity index (χ0v) is 18.4. The van der Waals surface area contributed by atoms with Crippen molar-refractivity contribution < 1.29 is 14.3 Å². The lowest BCUT2D eigenvalue weighted by atomic mass is 9.78. The smallest absolute Gasteiger partial charge is 0.307 e. The summed E-state index contributed by atoms with van der Waals surface area (Å²) in [5, 5.41) is 14.4. The van der Waals surface area contributed by atoms with Gasteiger partial charge in [-0.3, -0.25) is 4.79 Å². The summed E-state index contributed by atoms with van der Waals surface area (Å²) in [5.41, 5.74) is 9.40. The largest absolute Gasteiger partial charge is 0.481 e. The van der Waals surface area contributed by atoms with E-state index in [9.17, 15) is 14.3 Å². The van der Waals surface area contributed by atoms with Gasteiger partial charge in [-0.25, -0.2) is 4.39 Å². The molecule has 1 atom stereocenters. The molecule has 1 aliphatic heterocycles. The Bertz CT molecular complexity index is 1210. The van der Waals surface area contributed by atoms with Crippen LogP contribution in [0.2, 0.25) is 0 Å². The molecule has 2 N–H and O–H groups in total. The maximum absolute atomic E-state index is 15.0. The predicted molar refractivity (Wildman–Crippen MR) is 122 cm³/mol. The van der Waals surface area contributed by atoms with Crippen LogP contribution in [0.4, 0.5) is 10.1 Å². The van der Waals surface area contributed by atoms with E-state index in [0.29, 0.717) is 0 Å². The Morgan fingerprint density at radius 2 is 1.97 bits per heavy atom. The van der Waals surface area contributed by atoms with Gasteiger partial charge < -0.3 is 15.0 Å². The highest BCUT2D eigenvalue weighted by Gasteiger charge is 2.31. The summed E-state index contributed by atoms with van der Waals surface area (Å²) >= 11 is 0. The van der Waals surface area contributed by atoms with Crippen molar-refractivity contribution in [3.63, 3.8) is 0 Å². The van der Waals surface area contributed by atoms with Crippen LogP contribution >= 0.6 is 0 Å². The Hall–Kier alpha value is -2.82. The van der Waals surface area contributed by atoms with Crippen molar-refractivity contribution in [1.82, 2.24) is 4.57 Å². The molecule has 0 saturated heterocycles. The quantitative estimate of drug-likeness (QED) is 0.633. The third-order valence-electron chi connectivity index (χ3n) is 7.39. The van der Waals surface area contributed by atoms with E-state index in [1.165, 1.54) is 5.69 Å². The predicted octanol–water partition coefficient (Wildman–Crippen LogP) is 6.08. The molecule has 4 nitrogen and oxygen atoms in total. The van der Waals surface area contributed by atoms with Gasteiger partial charge in [0.2, 0.25) is 0 Å². The lowest BCUT2D eigenvalue weighted by Gasteiger charge is -2.28. The third-order valence-corrected chi connectivity index (χ3v) is 7.39. The Labute approximate surface area is 182 Å².